The average Bonchev–Trinajstić information content (AvgIpc) is 3.03. The maximum Gasteiger partial charge on any atom is 0.225 e. The molecule has 1 saturated heterocycles. The van der Waals surface area contributed by atoms with E-state index in [9.17, 15) is 15.2 Å². The Hall–Kier alpha value is -1.90. The first-order valence-corrected chi connectivity index (χ1v) is 8.80. The van der Waals surface area contributed by atoms with Crippen molar-refractivity contribution in [2.45, 2.75) is 43.7 Å². The van der Waals surface area contributed by atoms with E-state index in [-0.39, 0.29) is 18.4 Å². The highest BCUT2D eigenvalue weighted by Crippen LogP contribution is 2.33. The molecule has 1 amide bonds. The Kier molecular flexibility index (Phi) is 5.17. The molecule has 0 aromatic heterocycles. The third-order valence-electron chi connectivity index (χ3n) is 5.28. The molecule has 5 heteroatoms. The number of hydrogen-bond acceptors (Lipinski definition) is 4. The first kappa shape index (κ1) is 16.9. The highest BCUT2D eigenvalue weighted by molar-refractivity contribution is 5.77. The molecule has 0 spiro atoms. The van der Waals surface area contributed by atoms with Crippen LogP contribution in [-0.2, 0) is 4.79 Å². The summed E-state index contributed by atoms with van der Waals surface area (Å²) >= 11 is 0. The Labute approximate surface area is 143 Å². The number of aliphatic hydroxyl groups is 1. The maximum atomic E-state index is 12.5. The minimum absolute atomic E-state index is 0.0484. The van der Waals surface area contributed by atoms with Gasteiger partial charge in [0, 0.05) is 26.2 Å². The van der Waals surface area contributed by atoms with Crippen LogP contribution in [0.2, 0.25) is 0 Å². The fourth-order valence-electron chi connectivity index (χ4n) is 3.84. The molecule has 1 atom stereocenters. The highest BCUT2D eigenvalue weighted by Gasteiger charge is 2.36. The number of piperazine rings is 1. The van der Waals surface area contributed by atoms with E-state index < -0.39 is 5.60 Å². The second kappa shape index (κ2) is 7.33. The quantitative estimate of drug-likeness (QED) is 0.919. The van der Waals surface area contributed by atoms with Gasteiger partial charge in [-0.1, -0.05) is 43.2 Å². The summed E-state index contributed by atoms with van der Waals surface area (Å²) < 4.78 is 0. The van der Waals surface area contributed by atoms with Gasteiger partial charge in [0.1, 0.15) is 6.04 Å². The SMILES string of the molecule is N#CC(c1ccccc1)N1CCN(C(=O)CC2(O)CCCC2)CC1. The molecule has 5 nitrogen and oxygen atoms in total. The van der Waals surface area contributed by atoms with Crippen LogP contribution in [0.4, 0.5) is 0 Å². The third kappa shape index (κ3) is 3.77. The van der Waals surface area contributed by atoms with E-state index in [1.165, 1.54) is 0 Å². The van der Waals surface area contributed by atoms with Crippen molar-refractivity contribution in [1.82, 2.24) is 9.80 Å². The smallest absolute Gasteiger partial charge is 0.225 e. The van der Waals surface area contributed by atoms with E-state index >= 15 is 0 Å². The molecule has 1 saturated carbocycles. The summed E-state index contributed by atoms with van der Waals surface area (Å²) in [4.78, 5) is 16.4. The van der Waals surface area contributed by atoms with Gasteiger partial charge in [0.2, 0.25) is 5.91 Å². The molecular formula is C19H25N3O2. The molecule has 0 bridgehead atoms. The monoisotopic (exact) mass is 327 g/mol. The van der Waals surface area contributed by atoms with Crippen molar-refractivity contribution in [2.24, 2.45) is 0 Å². The van der Waals surface area contributed by atoms with E-state index in [1.807, 2.05) is 35.2 Å². The van der Waals surface area contributed by atoms with Crippen LogP contribution in [0.25, 0.3) is 0 Å². The largest absolute Gasteiger partial charge is 0.389 e. The second-order valence-corrected chi connectivity index (χ2v) is 6.97. The van der Waals surface area contributed by atoms with Crippen LogP contribution in [0.15, 0.2) is 30.3 Å². The van der Waals surface area contributed by atoms with Gasteiger partial charge in [0.15, 0.2) is 0 Å². The van der Waals surface area contributed by atoms with Gasteiger partial charge in [0.25, 0.3) is 0 Å². The molecule has 24 heavy (non-hydrogen) atoms. The average molecular weight is 327 g/mol. The number of amides is 1. The molecule has 128 valence electrons. The molecule has 2 aliphatic rings. The number of carbonyl (C=O) groups excluding carboxylic acids is 1. The van der Waals surface area contributed by atoms with Gasteiger partial charge < -0.3 is 10.0 Å². The fourth-order valence-corrected chi connectivity index (χ4v) is 3.84. The second-order valence-electron chi connectivity index (χ2n) is 6.97. The molecule has 1 N–H and O–H groups in total. The summed E-state index contributed by atoms with van der Waals surface area (Å²) in [7, 11) is 0. The Morgan fingerprint density at radius 1 is 1.17 bits per heavy atom. The van der Waals surface area contributed by atoms with Crippen molar-refractivity contribution in [3.8, 4) is 6.07 Å². The van der Waals surface area contributed by atoms with Gasteiger partial charge in [-0.2, -0.15) is 5.26 Å². The van der Waals surface area contributed by atoms with Crippen molar-refractivity contribution in [2.75, 3.05) is 26.2 Å². The Morgan fingerprint density at radius 2 is 1.79 bits per heavy atom. The molecular weight excluding hydrogens is 302 g/mol. The molecule has 1 heterocycles. The zero-order valence-electron chi connectivity index (χ0n) is 14.0. The molecule has 1 aliphatic carbocycles. The van der Waals surface area contributed by atoms with Crippen LogP contribution in [0.3, 0.4) is 0 Å². The van der Waals surface area contributed by atoms with E-state index in [0.717, 1.165) is 31.2 Å². The Balaban J connectivity index is 1.55. The molecule has 3 rings (SSSR count). The summed E-state index contributed by atoms with van der Waals surface area (Å²) in [5, 5.41) is 19.9. The predicted molar refractivity (Wildman–Crippen MR) is 91.0 cm³/mol. The lowest BCUT2D eigenvalue weighted by Gasteiger charge is -2.38. The van der Waals surface area contributed by atoms with Gasteiger partial charge in [0.05, 0.1) is 18.1 Å². The van der Waals surface area contributed by atoms with E-state index in [4.69, 9.17) is 0 Å². The minimum atomic E-state index is -0.784. The van der Waals surface area contributed by atoms with Gasteiger partial charge in [-0.3, -0.25) is 9.69 Å². The molecule has 2 fully saturated rings. The highest BCUT2D eigenvalue weighted by atomic mass is 16.3. The zero-order valence-corrected chi connectivity index (χ0v) is 14.0. The Bertz CT molecular complexity index is 597. The van der Waals surface area contributed by atoms with Crippen molar-refractivity contribution in [1.29, 1.82) is 5.26 Å². The van der Waals surface area contributed by atoms with Crippen molar-refractivity contribution >= 4 is 5.91 Å². The van der Waals surface area contributed by atoms with Crippen LogP contribution in [0.5, 0.6) is 0 Å². The third-order valence-corrected chi connectivity index (χ3v) is 5.28. The summed E-state index contributed by atoms with van der Waals surface area (Å²) in [6.07, 6.45) is 3.75. The summed E-state index contributed by atoms with van der Waals surface area (Å²) in [5.41, 5.74) is 0.216. The van der Waals surface area contributed by atoms with Crippen molar-refractivity contribution in [3.63, 3.8) is 0 Å². The number of nitrogens with zero attached hydrogens (tertiary/aromatic N) is 3. The van der Waals surface area contributed by atoms with E-state index in [1.54, 1.807) is 0 Å². The standard InChI is InChI=1S/C19H25N3O2/c20-15-17(16-6-2-1-3-7-16)21-10-12-22(13-11-21)18(23)14-19(24)8-4-5-9-19/h1-3,6-7,17,24H,4-5,8-14H2. The van der Waals surface area contributed by atoms with Crippen molar-refractivity contribution in [3.05, 3.63) is 35.9 Å². The summed E-state index contributed by atoms with van der Waals surface area (Å²) in [5.74, 6) is 0.0484. The van der Waals surface area contributed by atoms with Crippen LogP contribution >= 0.6 is 0 Å². The maximum absolute atomic E-state index is 12.5. The van der Waals surface area contributed by atoms with E-state index in [2.05, 4.69) is 11.0 Å². The molecule has 0 radical (unpaired) electrons. The van der Waals surface area contributed by atoms with Crippen LogP contribution in [-0.4, -0.2) is 52.6 Å². The van der Waals surface area contributed by atoms with Gasteiger partial charge >= 0.3 is 0 Å². The lowest BCUT2D eigenvalue weighted by Crippen LogP contribution is -2.50. The predicted octanol–water partition coefficient (Wildman–Crippen LogP) is 2.09. The first-order chi connectivity index (χ1) is 11.6. The molecule has 1 unspecified atom stereocenters. The summed E-state index contributed by atoms with van der Waals surface area (Å²) in [6, 6.07) is 11.9. The Morgan fingerprint density at radius 3 is 2.38 bits per heavy atom. The lowest BCUT2D eigenvalue weighted by atomic mass is 9.97. The summed E-state index contributed by atoms with van der Waals surface area (Å²) in [6.45, 7) is 2.63. The minimum Gasteiger partial charge on any atom is -0.389 e. The van der Waals surface area contributed by atoms with Crippen LogP contribution in [0, 0.1) is 11.3 Å². The van der Waals surface area contributed by atoms with Crippen molar-refractivity contribution < 1.29 is 9.90 Å². The molecule has 1 aliphatic heterocycles. The molecule has 1 aromatic carbocycles. The lowest BCUT2D eigenvalue weighted by molar-refractivity contribution is -0.138. The molecule has 1 aromatic rings. The number of hydrogen-bond donors (Lipinski definition) is 1. The van der Waals surface area contributed by atoms with Crippen LogP contribution < -0.4 is 0 Å². The van der Waals surface area contributed by atoms with Gasteiger partial charge in [-0.15, -0.1) is 0 Å². The number of rotatable bonds is 4. The van der Waals surface area contributed by atoms with Gasteiger partial charge in [-0.05, 0) is 18.4 Å². The first-order valence-electron chi connectivity index (χ1n) is 8.80. The van der Waals surface area contributed by atoms with E-state index in [0.29, 0.717) is 26.2 Å². The fraction of sp³-hybridized carbons (Fsp3) is 0.579. The van der Waals surface area contributed by atoms with Gasteiger partial charge in [-0.25, -0.2) is 0 Å². The number of nitriles is 1. The normalized spacial score (nSPS) is 22.1. The topological polar surface area (TPSA) is 67.6 Å². The van der Waals surface area contributed by atoms with Crippen LogP contribution in [0.1, 0.15) is 43.7 Å². The zero-order chi connectivity index (χ0) is 17.0. The number of carbonyl (C=O) groups is 1. The number of benzene rings is 1.